The monoisotopic (exact) mass is 301 g/mol. The standard InChI is InChI=1S/C12H20BrN3O/c1-12(2,3)10(4-5-17)16-11-9(14)6-8(13)7-15-11/h6-7,10,17H,4-5,14H2,1-3H3,(H,15,16). The van der Waals surface area contributed by atoms with E-state index in [0.29, 0.717) is 17.9 Å². The van der Waals surface area contributed by atoms with E-state index in [9.17, 15) is 0 Å². The van der Waals surface area contributed by atoms with Crippen molar-refractivity contribution >= 4 is 27.4 Å². The van der Waals surface area contributed by atoms with E-state index in [2.05, 4.69) is 47.0 Å². The van der Waals surface area contributed by atoms with Crippen LogP contribution in [0.5, 0.6) is 0 Å². The van der Waals surface area contributed by atoms with E-state index in [1.165, 1.54) is 0 Å². The molecule has 1 heterocycles. The van der Waals surface area contributed by atoms with Gasteiger partial charge in [0.2, 0.25) is 0 Å². The summed E-state index contributed by atoms with van der Waals surface area (Å²) in [5.41, 5.74) is 6.53. The number of aromatic nitrogens is 1. The van der Waals surface area contributed by atoms with Gasteiger partial charge in [0.05, 0.1) is 5.69 Å². The van der Waals surface area contributed by atoms with E-state index in [1.54, 1.807) is 6.20 Å². The number of anilines is 2. The second-order valence-electron chi connectivity index (χ2n) is 5.17. The van der Waals surface area contributed by atoms with Gasteiger partial charge >= 0.3 is 0 Å². The lowest BCUT2D eigenvalue weighted by Gasteiger charge is -2.31. The molecule has 0 saturated heterocycles. The zero-order valence-electron chi connectivity index (χ0n) is 10.5. The Morgan fingerprint density at radius 1 is 1.53 bits per heavy atom. The fourth-order valence-corrected chi connectivity index (χ4v) is 1.94. The molecule has 4 N–H and O–H groups in total. The van der Waals surface area contributed by atoms with Crippen LogP contribution < -0.4 is 11.1 Å². The third-order valence-electron chi connectivity index (χ3n) is 2.66. The molecule has 0 aliphatic heterocycles. The van der Waals surface area contributed by atoms with Crippen LogP contribution in [-0.2, 0) is 0 Å². The molecule has 0 aromatic carbocycles. The Balaban J connectivity index is 2.86. The molecule has 1 atom stereocenters. The molecule has 0 amide bonds. The Morgan fingerprint density at radius 3 is 2.65 bits per heavy atom. The summed E-state index contributed by atoms with van der Waals surface area (Å²) in [5.74, 6) is 0.668. The van der Waals surface area contributed by atoms with E-state index in [1.807, 2.05) is 6.07 Å². The van der Waals surface area contributed by atoms with Crippen LogP contribution in [0.3, 0.4) is 0 Å². The third kappa shape index (κ3) is 4.16. The van der Waals surface area contributed by atoms with Gasteiger partial charge in [-0.05, 0) is 33.8 Å². The van der Waals surface area contributed by atoms with E-state index >= 15 is 0 Å². The zero-order chi connectivity index (χ0) is 13.1. The minimum atomic E-state index is 0.0317. The fourth-order valence-electron chi connectivity index (χ4n) is 1.59. The highest BCUT2D eigenvalue weighted by atomic mass is 79.9. The molecule has 1 unspecified atom stereocenters. The van der Waals surface area contributed by atoms with Crippen molar-refractivity contribution in [1.29, 1.82) is 0 Å². The number of hydrogen-bond acceptors (Lipinski definition) is 4. The molecule has 0 aliphatic rings. The summed E-state index contributed by atoms with van der Waals surface area (Å²) < 4.78 is 0.856. The van der Waals surface area contributed by atoms with E-state index in [4.69, 9.17) is 10.8 Å². The van der Waals surface area contributed by atoms with Gasteiger partial charge in [0.25, 0.3) is 0 Å². The number of nitrogens with zero attached hydrogens (tertiary/aromatic N) is 1. The smallest absolute Gasteiger partial charge is 0.149 e. The zero-order valence-corrected chi connectivity index (χ0v) is 12.1. The van der Waals surface area contributed by atoms with Crippen molar-refractivity contribution in [3.8, 4) is 0 Å². The molecule has 0 aliphatic carbocycles. The molecule has 96 valence electrons. The molecule has 1 rings (SSSR count). The van der Waals surface area contributed by atoms with Crippen molar-refractivity contribution in [1.82, 2.24) is 4.98 Å². The lowest BCUT2D eigenvalue weighted by Crippen LogP contribution is -2.35. The third-order valence-corrected chi connectivity index (χ3v) is 3.09. The molecule has 0 saturated carbocycles. The molecule has 1 aromatic heterocycles. The van der Waals surface area contributed by atoms with Crippen LogP contribution >= 0.6 is 15.9 Å². The number of nitrogens with two attached hydrogens (primary N) is 1. The lowest BCUT2D eigenvalue weighted by atomic mass is 9.85. The van der Waals surface area contributed by atoms with Crippen LogP contribution in [0.15, 0.2) is 16.7 Å². The van der Waals surface area contributed by atoms with Crippen molar-refractivity contribution in [2.75, 3.05) is 17.7 Å². The van der Waals surface area contributed by atoms with E-state index < -0.39 is 0 Å². The number of nitrogen functional groups attached to an aromatic ring is 1. The number of aliphatic hydroxyl groups excluding tert-OH is 1. The first-order chi connectivity index (χ1) is 7.84. The first-order valence-electron chi connectivity index (χ1n) is 5.63. The summed E-state index contributed by atoms with van der Waals surface area (Å²) in [6.07, 6.45) is 2.37. The maximum absolute atomic E-state index is 9.09. The number of aliphatic hydroxyl groups is 1. The van der Waals surface area contributed by atoms with E-state index in [-0.39, 0.29) is 18.1 Å². The highest BCUT2D eigenvalue weighted by Gasteiger charge is 2.24. The highest BCUT2D eigenvalue weighted by molar-refractivity contribution is 9.10. The van der Waals surface area contributed by atoms with Gasteiger partial charge in [-0.1, -0.05) is 20.8 Å². The van der Waals surface area contributed by atoms with Gasteiger partial charge in [-0.25, -0.2) is 4.98 Å². The average molecular weight is 302 g/mol. The molecule has 1 aromatic rings. The van der Waals surface area contributed by atoms with Crippen LogP contribution in [0.4, 0.5) is 11.5 Å². The van der Waals surface area contributed by atoms with Gasteiger partial charge in [-0.15, -0.1) is 0 Å². The largest absolute Gasteiger partial charge is 0.396 e. The average Bonchev–Trinajstić information content (AvgIpc) is 2.19. The fraction of sp³-hybridized carbons (Fsp3) is 0.583. The number of rotatable bonds is 4. The summed E-state index contributed by atoms with van der Waals surface area (Å²) in [6, 6.07) is 1.94. The maximum atomic E-state index is 9.09. The predicted molar refractivity (Wildman–Crippen MR) is 74.9 cm³/mol. The van der Waals surface area contributed by atoms with Gasteiger partial charge < -0.3 is 16.2 Å². The Bertz CT molecular complexity index is 377. The predicted octanol–water partition coefficient (Wildman–Crippen LogP) is 2.64. The summed E-state index contributed by atoms with van der Waals surface area (Å²) >= 11 is 3.32. The molecule has 4 nitrogen and oxygen atoms in total. The minimum absolute atomic E-state index is 0.0317. The van der Waals surface area contributed by atoms with Crippen molar-refractivity contribution in [2.24, 2.45) is 5.41 Å². The van der Waals surface area contributed by atoms with Crippen LogP contribution in [0.2, 0.25) is 0 Å². The van der Waals surface area contributed by atoms with Crippen LogP contribution in [-0.4, -0.2) is 22.7 Å². The molecule has 17 heavy (non-hydrogen) atoms. The van der Waals surface area contributed by atoms with Gasteiger partial charge in [0, 0.05) is 23.3 Å². The first-order valence-corrected chi connectivity index (χ1v) is 6.42. The summed E-state index contributed by atoms with van der Waals surface area (Å²) in [7, 11) is 0. The summed E-state index contributed by atoms with van der Waals surface area (Å²) in [6.45, 7) is 6.51. The van der Waals surface area contributed by atoms with E-state index in [0.717, 1.165) is 4.47 Å². The van der Waals surface area contributed by atoms with Crippen molar-refractivity contribution in [3.63, 3.8) is 0 Å². The SMILES string of the molecule is CC(C)(C)C(CCO)Nc1ncc(Br)cc1N. The number of nitrogens with one attached hydrogen (secondary N) is 1. The molecular weight excluding hydrogens is 282 g/mol. The molecule has 5 heteroatoms. The van der Waals surface area contributed by atoms with Gasteiger partial charge in [0.1, 0.15) is 5.82 Å². The van der Waals surface area contributed by atoms with Crippen molar-refractivity contribution in [2.45, 2.75) is 33.2 Å². The van der Waals surface area contributed by atoms with Crippen LogP contribution in [0, 0.1) is 5.41 Å². The molecule has 0 fully saturated rings. The van der Waals surface area contributed by atoms with Crippen molar-refractivity contribution < 1.29 is 5.11 Å². The van der Waals surface area contributed by atoms with Gasteiger partial charge in [0.15, 0.2) is 0 Å². The second-order valence-corrected chi connectivity index (χ2v) is 6.08. The Morgan fingerprint density at radius 2 is 2.18 bits per heavy atom. The topological polar surface area (TPSA) is 71.2 Å². The molecule has 0 bridgehead atoms. The Hall–Kier alpha value is -0.810. The first kappa shape index (κ1) is 14.3. The van der Waals surface area contributed by atoms with Crippen LogP contribution in [0.1, 0.15) is 27.2 Å². The minimum Gasteiger partial charge on any atom is -0.396 e. The lowest BCUT2D eigenvalue weighted by molar-refractivity contribution is 0.235. The van der Waals surface area contributed by atoms with Gasteiger partial charge in [-0.3, -0.25) is 0 Å². The maximum Gasteiger partial charge on any atom is 0.149 e. The molecule has 0 spiro atoms. The second kappa shape index (κ2) is 5.69. The quantitative estimate of drug-likeness (QED) is 0.799. The molecule has 0 radical (unpaired) electrons. The molecular formula is C12H20BrN3O. The van der Waals surface area contributed by atoms with Crippen LogP contribution in [0.25, 0.3) is 0 Å². The van der Waals surface area contributed by atoms with Gasteiger partial charge in [-0.2, -0.15) is 0 Å². The number of hydrogen-bond donors (Lipinski definition) is 3. The summed E-state index contributed by atoms with van der Waals surface area (Å²) in [4.78, 5) is 4.25. The Kier molecular flexibility index (Phi) is 4.77. The van der Waals surface area contributed by atoms with Crippen molar-refractivity contribution in [3.05, 3.63) is 16.7 Å². The number of halogens is 1. The normalized spacial score (nSPS) is 13.5. The number of pyridine rings is 1. The Labute approximate surface area is 111 Å². The highest BCUT2D eigenvalue weighted by Crippen LogP contribution is 2.27. The summed E-state index contributed by atoms with van der Waals surface area (Å²) in [5, 5.41) is 12.4.